The van der Waals surface area contributed by atoms with Gasteiger partial charge in [0, 0.05) is 30.8 Å². The van der Waals surface area contributed by atoms with Gasteiger partial charge in [0.1, 0.15) is 5.56 Å². The number of ether oxygens (including phenoxy) is 1. The molecule has 2 aromatic heterocycles. The van der Waals surface area contributed by atoms with Crippen LogP contribution in [0.3, 0.4) is 0 Å². The monoisotopic (exact) mass is 301 g/mol. The summed E-state index contributed by atoms with van der Waals surface area (Å²) < 4.78 is 5.13. The molecule has 2 aromatic rings. The van der Waals surface area contributed by atoms with E-state index in [9.17, 15) is 9.59 Å². The normalized spacial score (nSPS) is 12.0. The molecule has 2 rings (SSSR count). The van der Waals surface area contributed by atoms with Gasteiger partial charge in [-0.15, -0.1) is 0 Å². The Kier molecular flexibility index (Phi) is 5.06. The molecule has 0 saturated carbocycles. The molecule has 0 aliphatic rings. The van der Waals surface area contributed by atoms with Crippen molar-refractivity contribution in [2.24, 2.45) is 0 Å². The van der Waals surface area contributed by atoms with Crippen molar-refractivity contribution in [1.82, 2.24) is 15.3 Å². The van der Waals surface area contributed by atoms with E-state index >= 15 is 0 Å². The maximum Gasteiger partial charge on any atom is 0.257 e. The first-order valence-electron chi connectivity index (χ1n) is 6.94. The second-order valence-corrected chi connectivity index (χ2v) is 5.05. The summed E-state index contributed by atoms with van der Waals surface area (Å²) in [6.07, 6.45) is 1.65. The second kappa shape index (κ2) is 7.00. The highest BCUT2D eigenvalue weighted by atomic mass is 16.5. The third kappa shape index (κ3) is 3.59. The van der Waals surface area contributed by atoms with Crippen LogP contribution in [0.5, 0.6) is 0 Å². The molecular weight excluding hydrogens is 282 g/mol. The predicted molar refractivity (Wildman–Crippen MR) is 82.9 cm³/mol. The lowest BCUT2D eigenvalue weighted by Gasteiger charge is -2.18. The fourth-order valence-corrected chi connectivity index (χ4v) is 2.31. The van der Waals surface area contributed by atoms with Crippen LogP contribution >= 0.6 is 0 Å². The van der Waals surface area contributed by atoms with Crippen LogP contribution in [0.1, 0.15) is 33.5 Å². The first-order chi connectivity index (χ1) is 10.5. The van der Waals surface area contributed by atoms with E-state index in [1.807, 2.05) is 6.07 Å². The van der Waals surface area contributed by atoms with Crippen LogP contribution in [0, 0.1) is 13.8 Å². The van der Waals surface area contributed by atoms with Gasteiger partial charge in [-0.2, -0.15) is 0 Å². The summed E-state index contributed by atoms with van der Waals surface area (Å²) in [6.45, 7) is 3.75. The molecule has 116 valence electrons. The highest BCUT2D eigenvalue weighted by Gasteiger charge is 2.20. The summed E-state index contributed by atoms with van der Waals surface area (Å²) in [6, 6.07) is 6.42. The average molecular weight is 301 g/mol. The molecule has 0 spiro atoms. The molecule has 0 aromatic carbocycles. The van der Waals surface area contributed by atoms with E-state index < -0.39 is 11.9 Å². The van der Waals surface area contributed by atoms with Crippen molar-refractivity contribution in [2.45, 2.75) is 19.9 Å². The number of H-pyrrole nitrogens is 1. The van der Waals surface area contributed by atoms with Crippen molar-refractivity contribution in [1.29, 1.82) is 0 Å². The SMILES string of the molecule is COC[C@@H](NC(=O)c1c(C)[nH]c(C)cc1=O)c1ccccn1. The summed E-state index contributed by atoms with van der Waals surface area (Å²) in [4.78, 5) is 31.7. The van der Waals surface area contributed by atoms with Crippen molar-refractivity contribution < 1.29 is 9.53 Å². The number of carbonyl (C=O) groups is 1. The molecule has 0 unspecified atom stereocenters. The third-order valence-corrected chi connectivity index (χ3v) is 3.26. The Balaban J connectivity index is 2.28. The first kappa shape index (κ1) is 15.9. The van der Waals surface area contributed by atoms with Gasteiger partial charge in [0.05, 0.1) is 18.3 Å². The van der Waals surface area contributed by atoms with Gasteiger partial charge >= 0.3 is 0 Å². The maximum atomic E-state index is 12.4. The number of pyridine rings is 2. The Morgan fingerprint density at radius 1 is 1.41 bits per heavy atom. The van der Waals surface area contributed by atoms with Crippen LogP contribution in [-0.4, -0.2) is 29.6 Å². The molecule has 1 atom stereocenters. The molecule has 1 amide bonds. The average Bonchev–Trinajstić information content (AvgIpc) is 2.46. The van der Waals surface area contributed by atoms with Crippen molar-refractivity contribution in [3.05, 3.63) is 63.3 Å². The molecule has 0 aliphatic carbocycles. The fraction of sp³-hybridized carbons (Fsp3) is 0.312. The molecule has 6 nitrogen and oxygen atoms in total. The summed E-state index contributed by atoms with van der Waals surface area (Å²) >= 11 is 0. The molecule has 0 bridgehead atoms. The number of nitrogens with zero attached hydrogens (tertiary/aromatic N) is 1. The van der Waals surface area contributed by atoms with Crippen molar-refractivity contribution >= 4 is 5.91 Å². The molecule has 0 fully saturated rings. The molecule has 6 heteroatoms. The van der Waals surface area contributed by atoms with Gasteiger partial charge in [0.25, 0.3) is 5.91 Å². The molecule has 0 radical (unpaired) electrons. The first-order valence-corrected chi connectivity index (χ1v) is 6.94. The van der Waals surface area contributed by atoms with E-state index in [0.717, 1.165) is 5.69 Å². The van der Waals surface area contributed by atoms with Crippen LogP contribution in [-0.2, 0) is 4.74 Å². The zero-order chi connectivity index (χ0) is 16.1. The number of hydrogen-bond donors (Lipinski definition) is 2. The number of rotatable bonds is 5. The number of nitrogens with one attached hydrogen (secondary N) is 2. The van der Waals surface area contributed by atoms with Gasteiger partial charge in [-0.1, -0.05) is 6.07 Å². The zero-order valence-electron chi connectivity index (χ0n) is 12.8. The summed E-state index contributed by atoms with van der Waals surface area (Å²) in [5, 5.41) is 2.81. The van der Waals surface area contributed by atoms with Gasteiger partial charge < -0.3 is 15.0 Å². The number of aromatic amines is 1. The van der Waals surface area contributed by atoms with E-state index in [4.69, 9.17) is 4.74 Å². The number of amides is 1. The third-order valence-electron chi connectivity index (χ3n) is 3.26. The number of hydrogen-bond acceptors (Lipinski definition) is 4. The van der Waals surface area contributed by atoms with Crippen LogP contribution in [0.2, 0.25) is 0 Å². The largest absolute Gasteiger partial charge is 0.382 e. The predicted octanol–water partition coefficient (Wildman–Crippen LogP) is 1.50. The number of carbonyl (C=O) groups excluding carboxylic acids is 1. The summed E-state index contributed by atoms with van der Waals surface area (Å²) in [5.74, 6) is -0.438. The quantitative estimate of drug-likeness (QED) is 0.876. The minimum absolute atomic E-state index is 0.114. The lowest BCUT2D eigenvalue weighted by atomic mass is 10.1. The minimum Gasteiger partial charge on any atom is -0.382 e. The van der Waals surface area contributed by atoms with Gasteiger partial charge in [0.2, 0.25) is 0 Å². The number of aromatic nitrogens is 2. The van der Waals surface area contributed by atoms with Crippen molar-refractivity contribution in [3.63, 3.8) is 0 Å². The van der Waals surface area contributed by atoms with Crippen LogP contribution in [0.15, 0.2) is 35.3 Å². The number of aryl methyl sites for hydroxylation is 2. The van der Waals surface area contributed by atoms with E-state index in [0.29, 0.717) is 11.4 Å². The fourth-order valence-electron chi connectivity index (χ4n) is 2.31. The maximum absolute atomic E-state index is 12.4. The molecule has 22 heavy (non-hydrogen) atoms. The van der Waals surface area contributed by atoms with Crippen LogP contribution in [0.4, 0.5) is 0 Å². The van der Waals surface area contributed by atoms with Crippen molar-refractivity contribution in [2.75, 3.05) is 13.7 Å². The summed E-state index contributed by atoms with van der Waals surface area (Å²) in [7, 11) is 1.55. The summed E-state index contributed by atoms with van der Waals surface area (Å²) in [5.41, 5.74) is 1.75. The highest BCUT2D eigenvalue weighted by Crippen LogP contribution is 2.11. The van der Waals surface area contributed by atoms with Crippen LogP contribution < -0.4 is 10.7 Å². The second-order valence-electron chi connectivity index (χ2n) is 5.05. The molecule has 2 N–H and O–H groups in total. The van der Waals surface area contributed by atoms with Crippen molar-refractivity contribution in [3.8, 4) is 0 Å². The minimum atomic E-state index is -0.438. The van der Waals surface area contributed by atoms with E-state index in [-0.39, 0.29) is 17.6 Å². The van der Waals surface area contributed by atoms with Gasteiger partial charge in [-0.3, -0.25) is 14.6 Å². The van der Waals surface area contributed by atoms with E-state index in [1.54, 1.807) is 39.3 Å². The molecular formula is C16H19N3O3. The highest BCUT2D eigenvalue weighted by molar-refractivity contribution is 5.95. The zero-order valence-corrected chi connectivity index (χ0v) is 12.8. The Bertz CT molecular complexity index is 710. The molecule has 0 saturated heterocycles. The molecule has 2 heterocycles. The number of methoxy groups -OCH3 is 1. The van der Waals surface area contributed by atoms with E-state index in [2.05, 4.69) is 15.3 Å². The van der Waals surface area contributed by atoms with Gasteiger partial charge in [-0.05, 0) is 26.0 Å². The molecule has 0 aliphatic heterocycles. The lowest BCUT2D eigenvalue weighted by Crippen LogP contribution is -2.35. The Hall–Kier alpha value is -2.47. The van der Waals surface area contributed by atoms with Gasteiger partial charge in [-0.25, -0.2) is 0 Å². The Morgan fingerprint density at radius 3 is 2.77 bits per heavy atom. The van der Waals surface area contributed by atoms with E-state index in [1.165, 1.54) is 6.07 Å². The Labute approximate surface area is 128 Å². The standard InChI is InChI=1S/C16H19N3O3/c1-10-8-14(20)15(11(2)18-10)16(21)19-13(9-22-3)12-6-4-5-7-17-12/h4-8,13H,9H2,1-3H3,(H,18,20)(H,19,21)/t13-/m1/s1. The topological polar surface area (TPSA) is 84.1 Å². The Morgan fingerprint density at radius 2 is 2.18 bits per heavy atom. The van der Waals surface area contributed by atoms with Gasteiger partial charge in [0.15, 0.2) is 5.43 Å². The smallest absolute Gasteiger partial charge is 0.257 e. The van der Waals surface area contributed by atoms with Crippen LogP contribution in [0.25, 0.3) is 0 Å². The lowest BCUT2D eigenvalue weighted by molar-refractivity contribution is 0.0892.